The maximum atomic E-state index is 10.4. The van der Waals surface area contributed by atoms with Gasteiger partial charge in [-0.25, -0.2) is 4.98 Å². The SMILES string of the molecule is Clc1cc(Cl)c2nc(-c3ccc(Br)cc3)cn2c1.O=[N+]([O-])c1cc([N+](=O)[O-])c(O)c([N+](=O)[O-])c1. The highest BCUT2D eigenvalue weighted by molar-refractivity contribution is 9.10. The van der Waals surface area contributed by atoms with Crippen molar-refractivity contribution in [1.82, 2.24) is 9.38 Å². The number of fused-ring (bicyclic) bond motifs is 1. The first-order chi connectivity index (χ1) is 16.0. The van der Waals surface area contributed by atoms with Crippen LogP contribution in [-0.2, 0) is 0 Å². The van der Waals surface area contributed by atoms with Gasteiger partial charge in [-0.05, 0) is 18.2 Å². The number of imidazole rings is 1. The van der Waals surface area contributed by atoms with E-state index in [0.717, 1.165) is 15.7 Å². The fourth-order valence-corrected chi connectivity index (χ4v) is 3.55. The van der Waals surface area contributed by atoms with E-state index in [4.69, 9.17) is 28.3 Å². The number of halogens is 3. The first-order valence-electron chi connectivity index (χ1n) is 8.87. The lowest BCUT2D eigenvalue weighted by atomic mass is 10.2. The molecule has 2 heterocycles. The Bertz CT molecular complexity index is 1410. The molecule has 0 amide bonds. The molecule has 0 aliphatic heterocycles. The Morgan fingerprint density at radius 3 is 1.94 bits per heavy atom. The number of hydrogen-bond donors (Lipinski definition) is 1. The van der Waals surface area contributed by atoms with Crippen molar-refractivity contribution < 1.29 is 19.9 Å². The summed E-state index contributed by atoms with van der Waals surface area (Å²) in [5, 5.41) is 41.4. The van der Waals surface area contributed by atoms with Gasteiger partial charge in [0.1, 0.15) is 0 Å². The van der Waals surface area contributed by atoms with Crippen LogP contribution in [0.3, 0.4) is 0 Å². The topological polar surface area (TPSA) is 167 Å². The lowest BCUT2D eigenvalue weighted by molar-refractivity contribution is -0.404. The molecule has 0 spiro atoms. The predicted molar refractivity (Wildman–Crippen MR) is 126 cm³/mol. The zero-order valence-electron chi connectivity index (χ0n) is 16.5. The summed E-state index contributed by atoms with van der Waals surface area (Å²) in [6.45, 7) is 0. The molecule has 2 aromatic heterocycles. The van der Waals surface area contributed by atoms with Crippen LogP contribution >= 0.6 is 39.1 Å². The third-order valence-corrected chi connectivity index (χ3v) is 5.29. The Kier molecular flexibility index (Phi) is 7.29. The van der Waals surface area contributed by atoms with Crippen molar-refractivity contribution in [3.8, 4) is 17.0 Å². The molecule has 0 aliphatic carbocycles. The van der Waals surface area contributed by atoms with E-state index in [0.29, 0.717) is 27.8 Å². The molecule has 4 aromatic rings. The smallest absolute Gasteiger partial charge is 0.324 e. The van der Waals surface area contributed by atoms with Gasteiger partial charge in [-0.3, -0.25) is 30.3 Å². The lowest BCUT2D eigenvalue weighted by Crippen LogP contribution is -1.97. The van der Waals surface area contributed by atoms with Crippen LogP contribution in [0, 0.1) is 30.3 Å². The van der Waals surface area contributed by atoms with Crippen molar-refractivity contribution >= 4 is 61.8 Å². The van der Waals surface area contributed by atoms with Gasteiger partial charge >= 0.3 is 11.4 Å². The minimum atomic E-state index is -1.21. The summed E-state index contributed by atoms with van der Waals surface area (Å²) >= 11 is 15.5. The van der Waals surface area contributed by atoms with Crippen LogP contribution in [0.25, 0.3) is 16.9 Å². The number of benzene rings is 2. The van der Waals surface area contributed by atoms with E-state index in [1.165, 1.54) is 0 Å². The Morgan fingerprint density at radius 1 is 0.882 bits per heavy atom. The minimum Gasteiger partial charge on any atom is -0.497 e. The maximum absolute atomic E-state index is 10.4. The van der Waals surface area contributed by atoms with Gasteiger partial charge in [0, 0.05) is 22.4 Å². The van der Waals surface area contributed by atoms with E-state index in [2.05, 4.69) is 20.9 Å². The van der Waals surface area contributed by atoms with Gasteiger partial charge in [-0.1, -0.05) is 51.3 Å². The average molecular weight is 571 g/mol. The Balaban J connectivity index is 0.000000192. The third-order valence-electron chi connectivity index (χ3n) is 4.27. The number of hydrogen-bond acceptors (Lipinski definition) is 8. The molecular weight excluding hydrogens is 561 g/mol. The molecule has 0 saturated heterocycles. The molecule has 0 bridgehead atoms. The normalized spacial score (nSPS) is 10.4. The molecule has 4 rings (SSSR count). The van der Waals surface area contributed by atoms with Gasteiger partial charge < -0.3 is 9.51 Å². The molecule has 0 fully saturated rings. The maximum Gasteiger partial charge on any atom is 0.324 e. The number of nitrogens with zero attached hydrogens (tertiary/aromatic N) is 5. The van der Waals surface area contributed by atoms with Gasteiger partial charge in [0.25, 0.3) is 11.4 Å². The van der Waals surface area contributed by atoms with E-state index in [1.54, 1.807) is 12.3 Å². The highest BCUT2D eigenvalue weighted by atomic mass is 79.9. The zero-order chi connectivity index (χ0) is 25.2. The highest BCUT2D eigenvalue weighted by Gasteiger charge is 2.30. The number of aromatic hydroxyl groups is 1. The summed E-state index contributed by atoms with van der Waals surface area (Å²) in [6, 6.07) is 10.5. The second kappa shape index (κ2) is 9.99. The predicted octanol–water partition coefficient (Wildman–Crippen LogP) is 6.19. The van der Waals surface area contributed by atoms with Crippen LogP contribution in [0.5, 0.6) is 5.75 Å². The average Bonchev–Trinajstić information content (AvgIpc) is 3.18. The van der Waals surface area contributed by atoms with Crippen molar-refractivity contribution in [1.29, 1.82) is 0 Å². The molecule has 2 aromatic carbocycles. The summed E-state index contributed by atoms with van der Waals surface area (Å²) in [6.07, 6.45) is 3.70. The summed E-state index contributed by atoms with van der Waals surface area (Å²) < 4.78 is 2.87. The van der Waals surface area contributed by atoms with E-state index < -0.39 is 37.6 Å². The molecule has 12 nitrogen and oxygen atoms in total. The van der Waals surface area contributed by atoms with Gasteiger partial charge in [-0.2, -0.15) is 0 Å². The Morgan fingerprint density at radius 2 is 1.44 bits per heavy atom. The number of rotatable bonds is 4. The van der Waals surface area contributed by atoms with E-state index in [1.807, 2.05) is 34.9 Å². The quantitative estimate of drug-likeness (QED) is 0.224. The lowest BCUT2D eigenvalue weighted by Gasteiger charge is -1.97. The van der Waals surface area contributed by atoms with Gasteiger partial charge in [0.05, 0.1) is 42.6 Å². The fraction of sp³-hybridized carbons (Fsp3) is 0. The van der Waals surface area contributed by atoms with Gasteiger partial charge in [0.15, 0.2) is 5.65 Å². The molecule has 34 heavy (non-hydrogen) atoms. The standard InChI is InChI=1S/C13H7BrCl2N2.C6H3N3O7/c14-9-3-1-8(2-4-9)12-7-18-6-10(15)5-11(16)13(18)17-12;10-6-4(8(13)14)1-3(7(11)12)2-5(6)9(15)16/h1-7H;1-2,10H. The van der Waals surface area contributed by atoms with Crippen molar-refractivity contribution in [3.05, 3.63) is 99.7 Å². The van der Waals surface area contributed by atoms with Crippen LogP contribution in [0.1, 0.15) is 0 Å². The molecular formula is C19H10BrCl2N5O7. The monoisotopic (exact) mass is 569 g/mol. The Labute approximate surface area is 207 Å². The summed E-state index contributed by atoms with van der Waals surface area (Å²) in [5.74, 6) is -1.21. The molecule has 1 N–H and O–H groups in total. The number of phenolic OH excluding ortho intramolecular Hbond substituents is 1. The second-order valence-corrected chi connectivity index (χ2v) is 8.23. The molecule has 15 heteroatoms. The first-order valence-corrected chi connectivity index (χ1v) is 10.4. The largest absolute Gasteiger partial charge is 0.497 e. The zero-order valence-corrected chi connectivity index (χ0v) is 19.6. The fourth-order valence-electron chi connectivity index (χ4n) is 2.76. The molecule has 0 saturated carbocycles. The molecule has 0 unspecified atom stereocenters. The number of phenols is 1. The second-order valence-electron chi connectivity index (χ2n) is 6.47. The van der Waals surface area contributed by atoms with Gasteiger partial charge in [0.2, 0.25) is 0 Å². The number of non-ortho nitro benzene ring substituents is 1. The molecule has 0 radical (unpaired) electrons. The van der Waals surface area contributed by atoms with Crippen LogP contribution in [0.15, 0.2) is 59.3 Å². The molecule has 174 valence electrons. The van der Waals surface area contributed by atoms with Crippen molar-refractivity contribution in [2.24, 2.45) is 0 Å². The van der Waals surface area contributed by atoms with Crippen LogP contribution < -0.4 is 0 Å². The molecule has 0 atom stereocenters. The van der Waals surface area contributed by atoms with E-state index in [9.17, 15) is 30.3 Å². The third kappa shape index (κ3) is 5.39. The summed E-state index contributed by atoms with van der Waals surface area (Å²) in [4.78, 5) is 32.3. The molecule has 0 aliphatic rings. The Hall–Kier alpha value is -3.81. The number of aromatic nitrogens is 2. The van der Waals surface area contributed by atoms with Crippen LogP contribution in [0.2, 0.25) is 10.0 Å². The summed E-state index contributed by atoms with van der Waals surface area (Å²) in [7, 11) is 0. The van der Waals surface area contributed by atoms with Crippen LogP contribution in [0.4, 0.5) is 17.1 Å². The van der Waals surface area contributed by atoms with E-state index >= 15 is 0 Å². The van der Waals surface area contributed by atoms with Crippen molar-refractivity contribution in [3.63, 3.8) is 0 Å². The van der Waals surface area contributed by atoms with Crippen LogP contribution in [-0.4, -0.2) is 29.3 Å². The minimum absolute atomic E-state index is 0.447. The number of pyridine rings is 1. The highest BCUT2D eigenvalue weighted by Crippen LogP contribution is 2.39. The number of nitro benzene ring substituents is 3. The van der Waals surface area contributed by atoms with Crippen molar-refractivity contribution in [2.45, 2.75) is 0 Å². The summed E-state index contributed by atoms with van der Waals surface area (Å²) in [5.41, 5.74) is -0.391. The number of nitro groups is 3. The van der Waals surface area contributed by atoms with Crippen molar-refractivity contribution in [2.75, 3.05) is 0 Å². The van der Waals surface area contributed by atoms with Gasteiger partial charge in [-0.15, -0.1) is 0 Å². The first kappa shape index (κ1) is 24.8. The van der Waals surface area contributed by atoms with E-state index in [-0.39, 0.29) is 0 Å².